The topological polar surface area (TPSA) is 12.0 Å². The van der Waals surface area contributed by atoms with Crippen molar-refractivity contribution in [2.45, 2.75) is 38.9 Å². The van der Waals surface area contributed by atoms with Gasteiger partial charge in [0.2, 0.25) is 0 Å². The lowest BCUT2D eigenvalue weighted by Gasteiger charge is -2.22. The maximum absolute atomic E-state index is 13.7. The molecular weight excluding hydrogens is 288 g/mol. The molecule has 1 N–H and O–H groups in total. The molecule has 1 nitrogen and oxygen atoms in total. The maximum atomic E-state index is 13.7. The summed E-state index contributed by atoms with van der Waals surface area (Å²) in [5.41, 5.74) is 0.703. The number of rotatable bonds is 4. The van der Waals surface area contributed by atoms with E-state index in [1.807, 2.05) is 20.8 Å². The number of halogens is 3. The SMILES string of the molecule is CC(C)(C)NCC(F)Cc1ccc(F)c(Br)c1. The Morgan fingerprint density at radius 2 is 2.00 bits per heavy atom. The van der Waals surface area contributed by atoms with Gasteiger partial charge in [-0.2, -0.15) is 0 Å². The molecule has 0 amide bonds. The second-order valence-electron chi connectivity index (χ2n) is 5.18. The summed E-state index contributed by atoms with van der Waals surface area (Å²) >= 11 is 3.09. The van der Waals surface area contributed by atoms with Crippen LogP contribution < -0.4 is 5.32 Å². The summed E-state index contributed by atoms with van der Waals surface area (Å²) in [6.45, 7) is 6.29. The number of hydrogen-bond donors (Lipinski definition) is 1. The zero-order valence-corrected chi connectivity index (χ0v) is 11.9. The van der Waals surface area contributed by atoms with Crippen molar-refractivity contribution in [2.75, 3.05) is 6.54 Å². The van der Waals surface area contributed by atoms with Gasteiger partial charge in [0, 0.05) is 18.5 Å². The highest BCUT2D eigenvalue weighted by Gasteiger charge is 2.14. The highest BCUT2D eigenvalue weighted by atomic mass is 79.9. The van der Waals surface area contributed by atoms with Gasteiger partial charge in [-0.3, -0.25) is 0 Å². The van der Waals surface area contributed by atoms with Crippen LogP contribution in [0.1, 0.15) is 26.3 Å². The monoisotopic (exact) mass is 305 g/mol. The van der Waals surface area contributed by atoms with Crippen molar-refractivity contribution in [3.8, 4) is 0 Å². The lowest BCUT2D eigenvalue weighted by molar-refractivity contribution is 0.284. The summed E-state index contributed by atoms with van der Waals surface area (Å²) in [7, 11) is 0. The van der Waals surface area contributed by atoms with Crippen molar-refractivity contribution in [2.24, 2.45) is 0 Å². The Balaban J connectivity index is 2.50. The molecule has 0 heterocycles. The first-order valence-electron chi connectivity index (χ1n) is 5.61. The number of hydrogen-bond acceptors (Lipinski definition) is 1. The molecule has 1 rings (SSSR count). The molecule has 0 aliphatic carbocycles. The summed E-state index contributed by atoms with van der Waals surface area (Å²) in [5.74, 6) is -0.322. The zero-order valence-electron chi connectivity index (χ0n) is 10.4. The van der Waals surface area contributed by atoms with Crippen molar-refractivity contribution < 1.29 is 8.78 Å². The average molecular weight is 306 g/mol. The quantitative estimate of drug-likeness (QED) is 0.891. The van der Waals surface area contributed by atoms with Crippen molar-refractivity contribution in [3.05, 3.63) is 34.1 Å². The van der Waals surface area contributed by atoms with Crippen molar-refractivity contribution in [1.29, 1.82) is 0 Å². The predicted molar refractivity (Wildman–Crippen MR) is 70.5 cm³/mol. The number of benzene rings is 1. The van der Waals surface area contributed by atoms with E-state index < -0.39 is 6.17 Å². The molecule has 0 aliphatic rings. The molecule has 0 spiro atoms. The van der Waals surface area contributed by atoms with E-state index in [1.54, 1.807) is 12.1 Å². The third-order valence-electron chi connectivity index (χ3n) is 2.30. The molecule has 17 heavy (non-hydrogen) atoms. The average Bonchev–Trinajstić information content (AvgIpc) is 2.20. The summed E-state index contributed by atoms with van der Waals surface area (Å²) < 4.78 is 27.0. The zero-order chi connectivity index (χ0) is 13.1. The van der Waals surface area contributed by atoms with Crippen molar-refractivity contribution in [3.63, 3.8) is 0 Å². The van der Waals surface area contributed by atoms with Crippen molar-refractivity contribution in [1.82, 2.24) is 5.32 Å². The molecule has 4 heteroatoms. The van der Waals surface area contributed by atoms with Crippen LogP contribution in [0.5, 0.6) is 0 Å². The normalized spacial score (nSPS) is 13.8. The molecular formula is C13H18BrF2N. The van der Waals surface area contributed by atoms with E-state index >= 15 is 0 Å². The van der Waals surface area contributed by atoms with Gasteiger partial charge in [0.1, 0.15) is 12.0 Å². The molecule has 1 aromatic carbocycles. The first-order valence-corrected chi connectivity index (χ1v) is 6.40. The Hall–Kier alpha value is -0.480. The highest BCUT2D eigenvalue weighted by molar-refractivity contribution is 9.10. The molecule has 0 aliphatic heterocycles. The van der Waals surface area contributed by atoms with E-state index in [-0.39, 0.29) is 11.4 Å². The van der Waals surface area contributed by atoms with E-state index in [2.05, 4.69) is 21.2 Å². The van der Waals surface area contributed by atoms with Gasteiger partial charge in [-0.05, 0) is 54.4 Å². The first kappa shape index (κ1) is 14.6. The Morgan fingerprint density at radius 3 is 2.53 bits per heavy atom. The van der Waals surface area contributed by atoms with Crippen LogP contribution >= 0.6 is 15.9 Å². The Bertz CT molecular complexity index is 374. The largest absolute Gasteiger partial charge is 0.309 e. The number of alkyl halides is 1. The molecule has 1 atom stereocenters. The van der Waals surface area contributed by atoms with E-state index in [0.29, 0.717) is 17.4 Å². The van der Waals surface area contributed by atoms with Crippen LogP contribution in [-0.4, -0.2) is 18.3 Å². The Kier molecular flexibility index (Phi) is 5.07. The maximum Gasteiger partial charge on any atom is 0.137 e. The predicted octanol–water partition coefficient (Wildman–Crippen LogP) is 3.86. The fourth-order valence-corrected chi connectivity index (χ4v) is 1.84. The molecule has 0 saturated carbocycles. The highest BCUT2D eigenvalue weighted by Crippen LogP contribution is 2.18. The van der Waals surface area contributed by atoms with Gasteiger partial charge in [0.25, 0.3) is 0 Å². The van der Waals surface area contributed by atoms with Gasteiger partial charge in [-0.15, -0.1) is 0 Å². The van der Waals surface area contributed by atoms with E-state index in [9.17, 15) is 8.78 Å². The fourth-order valence-electron chi connectivity index (χ4n) is 1.41. The summed E-state index contributed by atoms with van der Waals surface area (Å²) in [5, 5.41) is 3.11. The third-order valence-corrected chi connectivity index (χ3v) is 2.90. The Morgan fingerprint density at radius 1 is 1.35 bits per heavy atom. The fraction of sp³-hybridized carbons (Fsp3) is 0.538. The lowest BCUT2D eigenvalue weighted by Crippen LogP contribution is -2.40. The minimum Gasteiger partial charge on any atom is -0.309 e. The van der Waals surface area contributed by atoms with Gasteiger partial charge in [0.15, 0.2) is 0 Å². The van der Waals surface area contributed by atoms with Gasteiger partial charge in [0.05, 0.1) is 4.47 Å². The minimum atomic E-state index is -0.966. The molecule has 0 saturated heterocycles. The summed E-state index contributed by atoms with van der Waals surface area (Å²) in [6, 6.07) is 4.59. The number of nitrogens with one attached hydrogen (secondary N) is 1. The summed E-state index contributed by atoms with van der Waals surface area (Å²) in [6.07, 6.45) is -0.673. The molecule has 1 unspecified atom stereocenters. The first-order chi connectivity index (χ1) is 7.78. The van der Waals surface area contributed by atoms with Gasteiger partial charge >= 0.3 is 0 Å². The van der Waals surface area contributed by atoms with Crippen LogP contribution in [-0.2, 0) is 6.42 Å². The molecule has 0 fully saturated rings. The van der Waals surface area contributed by atoms with Crippen LogP contribution in [0.3, 0.4) is 0 Å². The van der Waals surface area contributed by atoms with E-state index in [0.717, 1.165) is 5.56 Å². The van der Waals surface area contributed by atoms with E-state index in [1.165, 1.54) is 6.07 Å². The second-order valence-corrected chi connectivity index (χ2v) is 6.04. The van der Waals surface area contributed by atoms with Crippen LogP contribution in [0.25, 0.3) is 0 Å². The standard InChI is InChI=1S/C13H18BrF2N/c1-13(2,3)17-8-10(15)6-9-4-5-12(16)11(14)7-9/h4-5,7,10,17H,6,8H2,1-3H3. The van der Waals surface area contributed by atoms with Gasteiger partial charge < -0.3 is 5.32 Å². The molecule has 1 aromatic rings. The minimum absolute atomic E-state index is 0.0896. The van der Waals surface area contributed by atoms with Crippen LogP contribution in [0.4, 0.5) is 8.78 Å². The Labute approximate surface area is 110 Å². The van der Waals surface area contributed by atoms with Crippen LogP contribution in [0, 0.1) is 5.82 Å². The molecule has 0 radical (unpaired) electrons. The molecule has 0 bridgehead atoms. The van der Waals surface area contributed by atoms with Crippen LogP contribution in [0.2, 0.25) is 0 Å². The lowest BCUT2D eigenvalue weighted by atomic mass is 10.1. The molecule has 0 aromatic heterocycles. The summed E-state index contributed by atoms with van der Waals surface area (Å²) in [4.78, 5) is 0. The van der Waals surface area contributed by atoms with Crippen LogP contribution in [0.15, 0.2) is 22.7 Å². The van der Waals surface area contributed by atoms with E-state index in [4.69, 9.17) is 0 Å². The van der Waals surface area contributed by atoms with Gasteiger partial charge in [-0.25, -0.2) is 8.78 Å². The second kappa shape index (κ2) is 5.91. The smallest absolute Gasteiger partial charge is 0.137 e. The molecule has 96 valence electrons. The van der Waals surface area contributed by atoms with Crippen molar-refractivity contribution >= 4 is 15.9 Å². The third kappa shape index (κ3) is 5.59. The van der Waals surface area contributed by atoms with Gasteiger partial charge in [-0.1, -0.05) is 6.07 Å².